The van der Waals surface area contributed by atoms with Crippen LogP contribution in [0.4, 0.5) is 0 Å². The van der Waals surface area contributed by atoms with Crippen LogP contribution in [-0.4, -0.2) is 23.4 Å². The SMILES string of the molecule is ClCC1CCCCN1Cc1ccc(I)cc1. The third-order valence-corrected chi connectivity index (χ3v) is 4.30. The number of rotatable bonds is 3. The lowest BCUT2D eigenvalue weighted by Crippen LogP contribution is -2.40. The number of hydrogen-bond acceptors (Lipinski definition) is 1. The standard InChI is InChI=1S/C13H17ClIN/c14-9-13-3-1-2-8-16(13)10-11-4-6-12(15)7-5-11/h4-7,13H,1-3,8-10H2. The van der Waals surface area contributed by atoms with E-state index in [-0.39, 0.29) is 0 Å². The van der Waals surface area contributed by atoms with Crippen molar-refractivity contribution in [1.29, 1.82) is 0 Å². The van der Waals surface area contributed by atoms with Crippen LogP contribution in [0.5, 0.6) is 0 Å². The second-order valence-electron chi connectivity index (χ2n) is 4.40. The minimum Gasteiger partial charge on any atom is -0.295 e. The second kappa shape index (κ2) is 6.22. The summed E-state index contributed by atoms with van der Waals surface area (Å²) >= 11 is 8.37. The third kappa shape index (κ3) is 3.34. The van der Waals surface area contributed by atoms with E-state index in [1.165, 1.54) is 34.9 Å². The summed E-state index contributed by atoms with van der Waals surface area (Å²) in [5, 5.41) is 0. The van der Waals surface area contributed by atoms with Crippen molar-refractivity contribution >= 4 is 34.2 Å². The molecule has 0 bridgehead atoms. The highest BCUT2D eigenvalue weighted by atomic mass is 127. The van der Waals surface area contributed by atoms with Gasteiger partial charge in [0.2, 0.25) is 0 Å². The van der Waals surface area contributed by atoms with E-state index in [2.05, 4.69) is 51.8 Å². The van der Waals surface area contributed by atoms with E-state index in [0.29, 0.717) is 6.04 Å². The van der Waals surface area contributed by atoms with Gasteiger partial charge in [-0.05, 0) is 59.7 Å². The molecule has 1 nitrogen and oxygen atoms in total. The van der Waals surface area contributed by atoms with Crippen molar-refractivity contribution in [2.75, 3.05) is 12.4 Å². The number of halogens is 2. The molecule has 0 radical (unpaired) electrons. The molecule has 0 saturated carbocycles. The van der Waals surface area contributed by atoms with Crippen molar-refractivity contribution in [3.8, 4) is 0 Å². The van der Waals surface area contributed by atoms with Crippen molar-refractivity contribution in [2.45, 2.75) is 31.8 Å². The molecule has 1 saturated heterocycles. The number of alkyl halides is 1. The van der Waals surface area contributed by atoms with Gasteiger partial charge in [-0.15, -0.1) is 11.6 Å². The van der Waals surface area contributed by atoms with Gasteiger partial charge in [-0.3, -0.25) is 4.90 Å². The molecule has 0 N–H and O–H groups in total. The Balaban J connectivity index is 1.99. The number of hydrogen-bond donors (Lipinski definition) is 0. The van der Waals surface area contributed by atoms with Crippen LogP contribution in [0.2, 0.25) is 0 Å². The first-order chi connectivity index (χ1) is 7.79. The molecule has 0 aliphatic carbocycles. The van der Waals surface area contributed by atoms with Crippen LogP contribution in [-0.2, 0) is 6.54 Å². The van der Waals surface area contributed by atoms with Gasteiger partial charge < -0.3 is 0 Å². The van der Waals surface area contributed by atoms with Gasteiger partial charge in [0.1, 0.15) is 0 Å². The van der Waals surface area contributed by atoms with E-state index in [0.717, 1.165) is 12.4 Å². The van der Waals surface area contributed by atoms with Gasteiger partial charge in [0.15, 0.2) is 0 Å². The lowest BCUT2D eigenvalue weighted by molar-refractivity contribution is 0.155. The Morgan fingerprint density at radius 3 is 2.69 bits per heavy atom. The zero-order chi connectivity index (χ0) is 11.4. The van der Waals surface area contributed by atoms with Gasteiger partial charge in [-0.2, -0.15) is 0 Å². The molecule has 0 aromatic heterocycles. The number of nitrogens with zero attached hydrogens (tertiary/aromatic N) is 1. The smallest absolute Gasteiger partial charge is 0.0379 e. The molecule has 16 heavy (non-hydrogen) atoms. The van der Waals surface area contributed by atoms with Crippen LogP contribution in [0.1, 0.15) is 24.8 Å². The molecule has 1 aliphatic heterocycles. The summed E-state index contributed by atoms with van der Waals surface area (Å²) in [7, 11) is 0. The summed E-state index contributed by atoms with van der Waals surface area (Å²) in [5.74, 6) is 0.768. The minimum atomic E-state index is 0.578. The first-order valence-electron chi connectivity index (χ1n) is 5.84. The third-order valence-electron chi connectivity index (χ3n) is 3.23. The Morgan fingerprint density at radius 1 is 1.25 bits per heavy atom. The highest BCUT2D eigenvalue weighted by molar-refractivity contribution is 14.1. The van der Waals surface area contributed by atoms with Crippen molar-refractivity contribution in [3.05, 3.63) is 33.4 Å². The van der Waals surface area contributed by atoms with E-state index in [1.54, 1.807) is 0 Å². The Kier molecular flexibility index (Phi) is 4.92. The Morgan fingerprint density at radius 2 is 2.00 bits per heavy atom. The molecule has 1 aliphatic rings. The van der Waals surface area contributed by atoms with Crippen molar-refractivity contribution < 1.29 is 0 Å². The predicted molar refractivity (Wildman–Crippen MR) is 77.9 cm³/mol. The fraction of sp³-hybridized carbons (Fsp3) is 0.538. The summed E-state index contributed by atoms with van der Waals surface area (Å²) in [4.78, 5) is 2.53. The summed E-state index contributed by atoms with van der Waals surface area (Å²) < 4.78 is 1.30. The quantitative estimate of drug-likeness (QED) is 0.591. The average Bonchev–Trinajstić information content (AvgIpc) is 2.33. The Bertz CT molecular complexity index is 325. The summed E-state index contributed by atoms with van der Waals surface area (Å²) in [6.07, 6.45) is 3.91. The first kappa shape index (κ1) is 12.7. The highest BCUT2D eigenvalue weighted by Gasteiger charge is 2.21. The maximum Gasteiger partial charge on any atom is 0.0379 e. The van der Waals surface area contributed by atoms with Crippen molar-refractivity contribution in [3.63, 3.8) is 0 Å². The second-order valence-corrected chi connectivity index (χ2v) is 5.96. The van der Waals surface area contributed by atoms with Crippen molar-refractivity contribution in [1.82, 2.24) is 4.90 Å². The average molecular weight is 350 g/mol. The van der Waals surface area contributed by atoms with Gasteiger partial charge in [0.05, 0.1) is 0 Å². The molecular weight excluding hydrogens is 333 g/mol. The van der Waals surface area contributed by atoms with Crippen LogP contribution in [0.25, 0.3) is 0 Å². The largest absolute Gasteiger partial charge is 0.295 e. The van der Waals surface area contributed by atoms with E-state index in [9.17, 15) is 0 Å². The summed E-state index contributed by atoms with van der Waals surface area (Å²) in [6.45, 7) is 2.25. The van der Waals surface area contributed by atoms with Gasteiger partial charge in [-0.1, -0.05) is 18.6 Å². The lowest BCUT2D eigenvalue weighted by Gasteiger charge is -2.34. The minimum absolute atomic E-state index is 0.578. The first-order valence-corrected chi connectivity index (χ1v) is 7.45. The topological polar surface area (TPSA) is 3.24 Å². The monoisotopic (exact) mass is 349 g/mol. The molecule has 1 heterocycles. The molecular formula is C13H17ClIN. The molecule has 1 aromatic rings. The zero-order valence-electron chi connectivity index (χ0n) is 9.33. The molecule has 3 heteroatoms. The Labute approximate surface area is 116 Å². The Hall–Kier alpha value is 0.200. The van der Waals surface area contributed by atoms with Gasteiger partial charge in [-0.25, -0.2) is 0 Å². The number of likely N-dealkylation sites (tertiary alicyclic amines) is 1. The maximum atomic E-state index is 6.02. The summed E-state index contributed by atoms with van der Waals surface area (Å²) in [5.41, 5.74) is 1.40. The number of benzene rings is 1. The van der Waals surface area contributed by atoms with Crippen LogP contribution in [0, 0.1) is 3.57 Å². The fourth-order valence-electron chi connectivity index (χ4n) is 2.27. The van der Waals surface area contributed by atoms with Crippen LogP contribution in [0.3, 0.4) is 0 Å². The molecule has 1 atom stereocenters. The predicted octanol–water partition coefficient (Wildman–Crippen LogP) is 3.88. The van der Waals surface area contributed by atoms with Gasteiger partial charge in [0, 0.05) is 22.0 Å². The van der Waals surface area contributed by atoms with Gasteiger partial charge in [0.25, 0.3) is 0 Å². The van der Waals surface area contributed by atoms with E-state index >= 15 is 0 Å². The lowest BCUT2D eigenvalue weighted by atomic mass is 10.0. The molecule has 1 fully saturated rings. The molecule has 0 spiro atoms. The van der Waals surface area contributed by atoms with E-state index < -0.39 is 0 Å². The molecule has 0 amide bonds. The normalized spacial score (nSPS) is 22.2. The van der Waals surface area contributed by atoms with Crippen molar-refractivity contribution in [2.24, 2.45) is 0 Å². The van der Waals surface area contributed by atoms with Crippen LogP contribution in [0.15, 0.2) is 24.3 Å². The molecule has 2 rings (SSSR count). The fourth-order valence-corrected chi connectivity index (χ4v) is 2.98. The van der Waals surface area contributed by atoms with Crippen LogP contribution < -0.4 is 0 Å². The highest BCUT2D eigenvalue weighted by Crippen LogP contribution is 2.20. The summed E-state index contributed by atoms with van der Waals surface area (Å²) in [6, 6.07) is 9.38. The zero-order valence-corrected chi connectivity index (χ0v) is 12.2. The van der Waals surface area contributed by atoms with Crippen LogP contribution >= 0.6 is 34.2 Å². The van der Waals surface area contributed by atoms with E-state index in [1.807, 2.05) is 0 Å². The molecule has 1 aromatic carbocycles. The number of piperidine rings is 1. The maximum absolute atomic E-state index is 6.02. The van der Waals surface area contributed by atoms with E-state index in [4.69, 9.17) is 11.6 Å². The molecule has 1 unspecified atom stereocenters. The molecule has 88 valence electrons. The van der Waals surface area contributed by atoms with Gasteiger partial charge >= 0.3 is 0 Å².